The van der Waals surface area contributed by atoms with Crippen molar-refractivity contribution in [3.63, 3.8) is 0 Å². The Morgan fingerprint density at radius 2 is 2.00 bits per heavy atom. The highest BCUT2D eigenvalue weighted by Crippen LogP contribution is 2.31. The third-order valence-electron chi connectivity index (χ3n) is 2.24. The highest BCUT2D eigenvalue weighted by atomic mass is 35.5. The van der Waals surface area contributed by atoms with Crippen LogP contribution in [0.5, 0.6) is 0 Å². The number of nitrogens with zero attached hydrogens (tertiary/aromatic N) is 3. The van der Waals surface area contributed by atoms with Gasteiger partial charge in [0.15, 0.2) is 5.69 Å². The number of nitro benzene ring substituents is 1. The molecule has 0 unspecified atom stereocenters. The molecule has 0 amide bonds. The molecule has 5 nitrogen and oxygen atoms in total. The third kappa shape index (κ3) is 2.68. The summed E-state index contributed by atoms with van der Waals surface area (Å²) < 4.78 is 38.2. The molecule has 19 heavy (non-hydrogen) atoms. The molecule has 0 aliphatic rings. The summed E-state index contributed by atoms with van der Waals surface area (Å²) in [6.07, 6.45) is -4.63. The van der Waals surface area contributed by atoms with Gasteiger partial charge in [0.2, 0.25) is 0 Å². The number of aromatic nitrogens is 2. The maximum Gasteiger partial charge on any atom is 0.435 e. The molecule has 0 fully saturated rings. The number of alkyl halides is 3. The summed E-state index contributed by atoms with van der Waals surface area (Å²) in [5.74, 6) is 0. The van der Waals surface area contributed by atoms with Crippen LogP contribution in [0, 0.1) is 10.1 Å². The van der Waals surface area contributed by atoms with E-state index in [1.54, 1.807) is 0 Å². The quantitative estimate of drug-likeness (QED) is 0.629. The number of non-ortho nitro benzene ring substituents is 1. The molecule has 0 atom stereocenters. The molecule has 1 aromatic carbocycles. The van der Waals surface area contributed by atoms with Gasteiger partial charge in [-0.05, 0) is 6.07 Å². The van der Waals surface area contributed by atoms with Crippen LogP contribution in [0.3, 0.4) is 0 Å². The fourth-order valence-electron chi connectivity index (χ4n) is 1.42. The Kier molecular flexibility index (Phi) is 3.19. The first-order valence-corrected chi connectivity index (χ1v) is 5.24. The van der Waals surface area contributed by atoms with Gasteiger partial charge >= 0.3 is 6.18 Å². The van der Waals surface area contributed by atoms with Crippen molar-refractivity contribution in [3.05, 3.63) is 51.3 Å². The van der Waals surface area contributed by atoms with Crippen LogP contribution < -0.4 is 0 Å². The average molecular weight is 292 g/mol. The molecule has 9 heteroatoms. The number of hydrogen-bond donors (Lipinski definition) is 0. The fourth-order valence-corrected chi connectivity index (χ4v) is 1.65. The van der Waals surface area contributed by atoms with Crippen molar-refractivity contribution in [2.24, 2.45) is 0 Å². The number of nitro groups is 1. The van der Waals surface area contributed by atoms with E-state index in [-0.39, 0.29) is 16.5 Å². The smallest absolute Gasteiger partial charge is 0.258 e. The van der Waals surface area contributed by atoms with E-state index in [9.17, 15) is 23.3 Å². The monoisotopic (exact) mass is 291 g/mol. The van der Waals surface area contributed by atoms with Crippen LogP contribution in [-0.2, 0) is 6.18 Å². The normalized spacial score (nSPS) is 11.6. The first-order chi connectivity index (χ1) is 8.79. The second-order valence-corrected chi connectivity index (χ2v) is 3.93. The van der Waals surface area contributed by atoms with Gasteiger partial charge in [-0.1, -0.05) is 17.7 Å². The van der Waals surface area contributed by atoms with E-state index >= 15 is 0 Å². The third-order valence-corrected chi connectivity index (χ3v) is 2.51. The van der Waals surface area contributed by atoms with Crippen LogP contribution in [0.4, 0.5) is 18.9 Å². The van der Waals surface area contributed by atoms with Gasteiger partial charge in [0, 0.05) is 18.2 Å². The Hall–Kier alpha value is -2.09. The first kappa shape index (κ1) is 13.3. The molecule has 0 bridgehead atoms. The van der Waals surface area contributed by atoms with Crippen molar-refractivity contribution in [2.45, 2.75) is 6.18 Å². The fraction of sp³-hybridized carbons (Fsp3) is 0.100. The predicted octanol–water partition coefficient (Wildman–Crippen LogP) is 3.45. The summed E-state index contributed by atoms with van der Waals surface area (Å²) in [4.78, 5) is 9.94. The Morgan fingerprint density at radius 1 is 1.32 bits per heavy atom. The van der Waals surface area contributed by atoms with Crippen LogP contribution in [0.25, 0.3) is 5.69 Å². The Bertz CT molecular complexity index is 639. The predicted molar refractivity (Wildman–Crippen MR) is 60.2 cm³/mol. The van der Waals surface area contributed by atoms with Gasteiger partial charge in [0.05, 0.1) is 10.6 Å². The molecule has 100 valence electrons. The zero-order chi connectivity index (χ0) is 14.2. The van der Waals surface area contributed by atoms with Gasteiger partial charge in [0.1, 0.15) is 5.15 Å². The van der Waals surface area contributed by atoms with Gasteiger partial charge in [0.25, 0.3) is 5.69 Å². The minimum atomic E-state index is -4.63. The molecule has 0 spiro atoms. The SMILES string of the molecule is O=[N+]([O-])c1cccc(-n2nc(C(F)(F)F)cc2Cl)c1. The van der Waals surface area contributed by atoms with E-state index in [4.69, 9.17) is 11.6 Å². The van der Waals surface area contributed by atoms with Crippen molar-refractivity contribution in [1.82, 2.24) is 9.78 Å². The highest BCUT2D eigenvalue weighted by Gasteiger charge is 2.35. The van der Waals surface area contributed by atoms with Crippen LogP contribution >= 0.6 is 11.6 Å². The van der Waals surface area contributed by atoms with Gasteiger partial charge in [-0.15, -0.1) is 0 Å². The van der Waals surface area contributed by atoms with Gasteiger partial charge in [-0.25, -0.2) is 4.68 Å². The maximum absolute atomic E-state index is 12.5. The molecule has 0 aliphatic carbocycles. The van der Waals surface area contributed by atoms with Crippen LogP contribution in [-0.4, -0.2) is 14.7 Å². The van der Waals surface area contributed by atoms with Gasteiger partial charge in [-0.3, -0.25) is 10.1 Å². The van der Waals surface area contributed by atoms with E-state index in [2.05, 4.69) is 5.10 Å². The molecular formula is C10H5ClF3N3O2. The summed E-state index contributed by atoms with van der Waals surface area (Å²) >= 11 is 5.65. The molecular weight excluding hydrogens is 287 g/mol. The number of hydrogen-bond acceptors (Lipinski definition) is 3. The van der Waals surface area contributed by atoms with Crippen molar-refractivity contribution < 1.29 is 18.1 Å². The molecule has 0 saturated carbocycles. The van der Waals surface area contributed by atoms with Gasteiger partial charge in [-0.2, -0.15) is 18.3 Å². The molecule has 0 radical (unpaired) electrons. The van der Waals surface area contributed by atoms with E-state index in [1.807, 2.05) is 0 Å². The average Bonchev–Trinajstić information content (AvgIpc) is 2.71. The minimum absolute atomic E-state index is 0.0784. The number of rotatable bonds is 2. The molecule has 2 aromatic rings. The molecule has 2 rings (SSSR count). The molecule has 0 N–H and O–H groups in total. The Balaban J connectivity index is 2.50. The topological polar surface area (TPSA) is 61.0 Å². The van der Waals surface area contributed by atoms with Crippen LogP contribution in [0.1, 0.15) is 5.69 Å². The van der Waals surface area contributed by atoms with E-state index in [0.717, 1.165) is 10.7 Å². The summed E-state index contributed by atoms with van der Waals surface area (Å²) in [5.41, 5.74) is -1.35. The van der Waals surface area contributed by atoms with Gasteiger partial charge < -0.3 is 0 Å². The summed E-state index contributed by atoms with van der Waals surface area (Å²) in [6, 6.07) is 5.65. The van der Waals surface area contributed by atoms with Crippen molar-refractivity contribution in [3.8, 4) is 5.69 Å². The largest absolute Gasteiger partial charge is 0.435 e. The lowest BCUT2D eigenvalue weighted by atomic mass is 10.3. The Labute approximate surface area is 109 Å². The van der Waals surface area contributed by atoms with Crippen molar-refractivity contribution >= 4 is 17.3 Å². The molecule has 0 saturated heterocycles. The second-order valence-electron chi connectivity index (χ2n) is 3.54. The van der Waals surface area contributed by atoms with E-state index in [0.29, 0.717) is 6.07 Å². The summed E-state index contributed by atoms with van der Waals surface area (Å²) in [6.45, 7) is 0. The lowest BCUT2D eigenvalue weighted by Crippen LogP contribution is -2.07. The lowest BCUT2D eigenvalue weighted by Gasteiger charge is -2.03. The number of benzene rings is 1. The van der Waals surface area contributed by atoms with Crippen LogP contribution in [0.2, 0.25) is 5.15 Å². The zero-order valence-electron chi connectivity index (χ0n) is 9.06. The van der Waals surface area contributed by atoms with Crippen molar-refractivity contribution in [1.29, 1.82) is 0 Å². The van der Waals surface area contributed by atoms with E-state index < -0.39 is 16.8 Å². The standard InChI is InChI=1S/C10H5ClF3N3O2/c11-9-5-8(10(12,13)14)15-16(9)6-2-1-3-7(4-6)17(18)19/h1-5H. The Morgan fingerprint density at radius 3 is 2.53 bits per heavy atom. The minimum Gasteiger partial charge on any atom is -0.258 e. The molecule has 0 aliphatic heterocycles. The molecule has 1 aromatic heterocycles. The zero-order valence-corrected chi connectivity index (χ0v) is 9.81. The lowest BCUT2D eigenvalue weighted by molar-refractivity contribution is -0.384. The molecule has 1 heterocycles. The summed E-state index contributed by atoms with van der Waals surface area (Å²) in [5, 5.41) is 13.6. The van der Waals surface area contributed by atoms with Crippen molar-refractivity contribution in [2.75, 3.05) is 0 Å². The second kappa shape index (κ2) is 4.54. The van der Waals surface area contributed by atoms with Crippen LogP contribution in [0.15, 0.2) is 30.3 Å². The number of halogens is 4. The summed E-state index contributed by atoms with van der Waals surface area (Å²) in [7, 11) is 0. The highest BCUT2D eigenvalue weighted by molar-refractivity contribution is 6.29. The maximum atomic E-state index is 12.5. The van der Waals surface area contributed by atoms with E-state index in [1.165, 1.54) is 18.2 Å². The first-order valence-electron chi connectivity index (χ1n) is 4.86.